The zero-order valence-corrected chi connectivity index (χ0v) is 17.3. The number of pyridine rings is 1. The second kappa shape index (κ2) is 7.91. The summed E-state index contributed by atoms with van der Waals surface area (Å²) in [4.78, 5) is 6.51. The lowest BCUT2D eigenvalue weighted by molar-refractivity contribution is 0.0345. The van der Waals surface area contributed by atoms with Gasteiger partial charge in [0.25, 0.3) is 0 Å². The van der Waals surface area contributed by atoms with E-state index in [1.807, 2.05) is 12.3 Å². The Bertz CT molecular complexity index is 1110. The quantitative estimate of drug-likeness (QED) is 0.263. The third-order valence-corrected chi connectivity index (χ3v) is 7.12. The highest BCUT2D eigenvalue weighted by atomic mass is 19.1. The molecule has 1 aromatic heterocycles. The molecule has 6 heteroatoms. The van der Waals surface area contributed by atoms with Crippen molar-refractivity contribution in [2.45, 2.75) is 38.0 Å². The van der Waals surface area contributed by atoms with E-state index >= 15 is 0 Å². The molecule has 2 aromatic carbocycles. The molecule has 2 fully saturated rings. The van der Waals surface area contributed by atoms with Crippen LogP contribution < -0.4 is 0 Å². The van der Waals surface area contributed by atoms with Gasteiger partial charge in [-0.1, -0.05) is 17.3 Å². The van der Waals surface area contributed by atoms with Crippen molar-refractivity contribution in [1.82, 2.24) is 9.88 Å². The average molecular weight is 421 g/mol. The van der Waals surface area contributed by atoms with Gasteiger partial charge in [-0.3, -0.25) is 4.98 Å². The molecule has 1 spiro atoms. The number of piperidine rings is 1. The van der Waals surface area contributed by atoms with Gasteiger partial charge in [0.2, 0.25) is 0 Å². The Labute approximate surface area is 180 Å². The third kappa shape index (κ3) is 3.87. The fourth-order valence-electron chi connectivity index (χ4n) is 5.34. The fraction of sp³-hybridized carbons (Fsp3) is 0.360. The number of hydrogen-bond acceptors (Lipinski definition) is 3. The molecule has 1 saturated carbocycles. The number of hydrogen-bond donors (Lipinski definition) is 1. The van der Waals surface area contributed by atoms with Crippen LogP contribution in [0.15, 0.2) is 59.9 Å². The number of rotatable bonds is 3. The van der Waals surface area contributed by atoms with Crippen LogP contribution in [-0.2, 0) is 6.42 Å². The molecular formula is C25H25F2N3O. The number of benzene rings is 2. The van der Waals surface area contributed by atoms with Gasteiger partial charge in [-0.15, -0.1) is 0 Å². The Balaban J connectivity index is 1.23. The number of fused-ring (bicyclic) bond motifs is 1. The van der Waals surface area contributed by atoms with Crippen molar-refractivity contribution < 1.29 is 14.0 Å². The molecule has 5 rings (SSSR count). The Hall–Kier alpha value is -3.02. The first kappa shape index (κ1) is 19.9. The highest BCUT2D eigenvalue weighted by Gasteiger charge is 2.46. The minimum atomic E-state index is -0.268. The number of nitrogens with zero attached hydrogens (tertiary/aromatic N) is 3. The van der Waals surface area contributed by atoms with E-state index in [0.29, 0.717) is 23.6 Å². The predicted octanol–water partition coefficient (Wildman–Crippen LogP) is 5.50. The van der Waals surface area contributed by atoms with Crippen molar-refractivity contribution in [3.05, 3.63) is 77.5 Å². The summed E-state index contributed by atoms with van der Waals surface area (Å²) in [6, 6.07) is 13.2. The lowest BCUT2D eigenvalue weighted by Crippen LogP contribution is -2.48. The van der Waals surface area contributed by atoms with Crippen LogP contribution in [0.4, 0.5) is 8.78 Å². The molecule has 1 aliphatic heterocycles. The molecule has 3 aromatic rings. The fourth-order valence-corrected chi connectivity index (χ4v) is 5.34. The van der Waals surface area contributed by atoms with E-state index in [1.165, 1.54) is 23.8 Å². The van der Waals surface area contributed by atoms with Crippen molar-refractivity contribution in [2.75, 3.05) is 13.1 Å². The monoisotopic (exact) mass is 421 g/mol. The molecule has 1 aliphatic carbocycles. The summed E-state index contributed by atoms with van der Waals surface area (Å²) < 4.78 is 26.9. The van der Waals surface area contributed by atoms with Gasteiger partial charge in [-0.2, -0.15) is 0 Å². The Morgan fingerprint density at radius 2 is 1.74 bits per heavy atom. The van der Waals surface area contributed by atoms with E-state index in [4.69, 9.17) is 0 Å². The van der Waals surface area contributed by atoms with Gasteiger partial charge >= 0.3 is 0 Å². The summed E-state index contributed by atoms with van der Waals surface area (Å²) in [6.07, 6.45) is 6.59. The number of halogens is 2. The maximum atomic E-state index is 13.8. The Morgan fingerprint density at radius 3 is 2.45 bits per heavy atom. The van der Waals surface area contributed by atoms with Gasteiger partial charge in [-0.05, 0) is 84.5 Å². The van der Waals surface area contributed by atoms with Crippen molar-refractivity contribution in [3.63, 3.8) is 0 Å². The van der Waals surface area contributed by atoms with Crippen LogP contribution in [0, 0.1) is 17.0 Å². The zero-order chi connectivity index (χ0) is 21.4. The number of oxime groups is 1. The lowest BCUT2D eigenvalue weighted by Gasteiger charge is -2.53. The Morgan fingerprint density at radius 1 is 1.03 bits per heavy atom. The predicted molar refractivity (Wildman–Crippen MR) is 116 cm³/mol. The van der Waals surface area contributed by atoms with Crippen molar-refractivity contribution in [2.24, 2.45) is 10.6 Å². The zero-order valence-electron chi connectivity index (χ0n) is 17.3. The van der Waals surface area contributed by atoms with Crippen LogP contribution in [0.2, 0.25) is 0 Å². The van der Waals surface area contributed by atoms with Gasteiger partial charge in [0.1, 0.15) is 17.5 Å². The summed E-state index contributed by atoms with van der Waals surface area (Å²) in [5.74, 6) is 0.577. The molecule has 31 heavy (non-hydrogen) atoms. The first-order valence-electron chi connectivity index (χ1n) is 10.8. The van der Waals surface area contributed by atoms with Gasteiger partial charge in [-0.25, -0.2) is 8.78 Å². The molecule has 0 amide bonds. The SMILES string of the molecule is O/N=C(\Cc1ccc(F)cc1)N1CCC2(CC1)CC(c1ccnc3ccc(F)cc13)C2. The van der Waals surface area contributed by atoms with Gasteiger partial charge in [0.05, 0.1) is 5.52 Å². The summed E-state index contributed by atoms with van der Waals surface area (Å²) in [6.45, 7) is 1.69. The summed E-state index contributed by atoms with van der Waals surface area (Å²) >= 11 is 0. The lowest BCUT2D eigenvalue weighted by atomic mass is 9.56. The molecule has 4 nitrogen and oxygen atoms in total. The minimum absolute atomic E-state index is 0.221. The Kier molecular flexibility index (Phi) is 5.08. The highest BCUT2D eigenvalue weighted by Crippen LogP contribution is 2.57. The van der Waals surface area contributed by atoms with Crippen LogP contribution >= 0.6 is 0 Å². The first-order valence-corrected chi connectivity index (χ1v) is 10.8. The topological polar surface area (TPSA) is 48.7 Å². The second-order valence-electron chi connectivity index (χ2n) is 8.97. The van der Waals surface area contributed by atoms with E-state index in [9.17, 15) is 14.0 Å². The van der Waals surface area contributed by atoms with Crippen LogP contribution in [0.1, 0.15) is 42.7 Å². The largest absolute Gasteiger partial charge is 0.409 e. The van der Waals surface area contributed by atoms with Crippen LogP contribution in [0.3, 0.4) is 0 Å². The molecule has 0 unspecified atom stereocenters. The van der Waals surface area contributed by atoms with Crippen molar-refractivity contribution in [3.8, 4) is 0 Å². The maximum Gasteiger partial charge on any atom is 0.148 e. The molecule has 2 heterocycles. The first-order chi connectivity index (χ1) is 15.0. The molecule has 1 saturated heterocycles. The summed E-state index contributed by atoms with van der Waals surface area (Å²) in [5.41, 5.74) is 3.28. The van der Waals surface area contributed by atoms with E-state index in [-0.39, 0.29) is 11.6 Å². The standard InChI is InChI=1S/C25H25F2N3O/c26-19-3-1-17(2-4-19)13-24(29-31)30-11-8-25(9-12-30)15-18(16-25)21-7-10-28-23-6-5-20(27)14-22(21)23/h1-7,10,14,18,31H,8-9,11-13,15-16H2/b29-24+. The molecular weight excluding hydrogens is 396 g/mol. The molecule has 0 bridgehead atoms. The van der Waals surface area contributed by atoms with Crippen LogP contribution in [0.25, 0.3) is 10.9 Å². The maximum absolute atomic E-state index is 13.8. The molecule has 0 atom stereocenters. The summed E-state index contributed by atoms with van der Waals surface area (Å²) in [7, 11) is 0. The molecule has 160 valence electrons. The summed E-state index contributed by atoms with van der Waals surface area (Å²) in [5, 5.41) is 14.0. The smallest absolute Gasteiger partial charge is 0.148 e. The molecule has 0 radical (unpaired) electrons. The van der Waals surface area contributed by atoms with Gasteiger partial charge in [0, 0.05) is 31.1 Å². The van der Waals surface area contributed by atoms with Crippen molar-refractivity contribution >= 4 is 16.7 Å². The van der Waals surface area contributed by atoms with E-state index < -0.39 is 0 Å². The van der Waals surface area contributed by atoms with Crippen molar-refractivity contribution in [1.29, 1.82) is 0 Å². The number of likely N-dealkylation sites (tertiary alicyclic amines) is 1. The van der Waals surface area contributed by atoms with E-state index in [0.717, 1.165) is 55.2 Å². The minimum Gasteiger partial charge on any atom is -0.409 e. The van der Waals surface area contributed by atoms with Gasteiger partial charge in [0.15, 0.2) is 0 Å². The van der Waals surface area contributed by atoms with E-state index in [1.54, 1.807) is 24.3 Å². The molecule has 1 N–H and O–H groups in total. The van der Waals surface area contributed by atoms with Gasteiger partial charge < -0.3 is 10.1 Å². The normalized spacial score (nSPS) is 19.0. The van der Waals surface area contributed by atoms with Crippen LogP contribution in [0.5, 0.6) is 0 Å². The van der Waals surface area contributed by atoms with Crippen LogP contribution in [-0.4, -0.2) is 34.0 Å². The third-order valence-electron chi connectivity index (χ3n) is 7.12. The number of aromatic nitrogens is 1. The van der Waals surface area contributed by atoms with E-state index in [2.05, 4.69) is 15.0 Å². The highest BCUT2D eigenvalue weighted by molar-refractivity contribution is 5.84. The number of amidine groups is 1. The average Bonchev–Trinajstić information content (AvgIpc) is 2.77. The molecule has 2 aliphatic rings. The second-order valence-corrected chi connectivity index (χ2v) is 8.97.